The number of carbonyl (C=O) groups is 1. The fraction of sp³-hybridized carbons (Fsp3) is 0.385. The molecule has 6 heteroatoms. The molecule has 2 aromatic rings. The first kappa shape index (κ1) is 12.0. The highest BCUT2D eigenvalue weighted by atomic mass is 16.5. The largest absolute Gasteiger partial charge is 0.481 e. The van der Waals surface area contributed by atoms with Crippen molar-refractivity contribution in [2.75, 3.05) is 13.2 Å². The van der Waals surface area contributed by atoms with E-state index in [2.05, 4.69) is 4.98 Å². The van der Waals surface area contributed by atoms with E-state index < -0.39 is 23.1 Å². The van der Waals surface area contributed by atoms with E-state index in [0.29, 0.717) is 24.3 Å². The second-order valence-electron chi connectivity index (χ2n) is 4.93. The minimum atomic E-state index is -0.857. The van der Waals surface area contributed by atoms with Gasteiger partial charge in [0.2, 0.25) is 0 Å². The van der Waals surface area contributed by atoms with Crippen LogP contribution in [0.3, 0.4) is 0 Å². The van der Waals surface area contributed by atoms with Gasteiger partial charge in [-0.15, -0.1) is 0 Å². The van der Waals surface area contributed by atoms with Crippen molar-refractivity contribution in [1.29, 1.82) is 0 Å². The Kier molecular flexibility index (Phi) is 2.50. The van der Waals surface area contributed by atoms with E-state index >= 15 is 0 Å². The lowest BCUT2D eigenvalue weighted by atomic mass is 9.69. The molecule has 0 bridgehead atoms. The van der Waals surface area contributed by atoms with Gasteiger partial charge < -0.3 is 14.3 Å². The monoisotopic (exact) mass is 263 g/mol. The van der Waals surface area contributed by atoms with Crippen molar-refractivity contribution < 1.29 is 19.1 Å². The molecule has 3 rings (SSSR count). The molecule has 0 amide bonds. The van der Waals surface area contributed by atoms with Gasteiger partial charge in [0.05, 0.1) is 30.1 Å². The first-order valence-electron chi connectivity index (χ1n) is 5.97. The minimum Gasteiger partial charge on any atom is -0.481 e. The van der Waals surface area contributed by atoms with Gasteiger partial charge in [-0.05, 0) is 17.7 Å². The molecule has 1 aliphatic heterocycles. The van der Waals surface area contributed by atoms with Crippen LogP contribution in [0.5, 0.6) is 0 Å². The molecule has 2 N–H and O–H groups in total. The Morgan fingerprint density at radius 1 is 1.47 bits per heavy atom. The number of aromatic nitrogens is 1. The Morgan fingerprint density at radius 3 is 2.79 bits per heavy atom. The van der Waals surface area contributed by atoms with Crippen molar-refractivity contribution in [1.82, 2.24) is 4.98 Å². The van der Waals surface area contributed by atoms with Gasteiger partial charge in [0.25, 0.3) is 0 Å². The smallest absolute Gasteiger partial charge is 0.417 e. The standard InChI is InChI=1S/C13H13NO5/c1-7(11(15)16)13(5-18-6-13)8-2-3-10-9(4-8)14-12(17)19-10/h2-4,7H,5-6H2,1H3,(H,14,17)(H,15,16). The van der Waals surface area contributed by atoms with E-state index in [4.69, 9.17) is 9.15 Å². The number of carboxylic acid groups (broad SMARTS) is 1. The lowest BCUT2D eigenvalue weighted by molar-refractivity contribution is -0.155. The van der Waals surface area contributed by atoms with Gasteiger partial charge in [-0.1, -0.05) is 13.0 Å². The number of nitrogens with one attached hydrogen (secondary N) is 1. The predicted octanol–water partition coefficient (Wildman–Crippen LogP) is 1.11. The van der Waals surface area contributed by atoms with E-state index in [0.717, 1.165) is 5.56 Å². The summed E-state index contributed by atoms with van der Waals surface area (Å²) < 4.78 is 10.2. The van der Waals surface area contributed by atoms with Gasteiger partial charge in [-0.25, -0.2) is 4.79 Å². The van der Waals surface area contributed by atoms with Gasteiger partial charge in [0.1, 0.15) is 0 Å². The number of benzene rings is 1. The first-order chi connectivity index (χ1) is 9.03. The van der Waals surface area contributed by atoms with E-state index in [1.54, 1.807) is 25.1 Å². The van der Waals surface area contributed by atoms with Crippen molar-refractivity contribution in [3.63, 3.8) is 0 Å². The quantitative estimate of drug-likeness (QED) is 0.865. The van der Waals surface area contributed by atoms with Gasteiger partial charge in [0, 0.05) is 0 Å². The summed E-state index contributed by atoms with van der Waals surface area (Å²) >= 11 is 0. The molecule has 100 valence electrons. The molecule has 0 aliphatic carbocycles. The molecule has 0 radical (unpaired) electrons. The average molecular weight is 263 g/mol. The second-order valence-corrected chi connectivity index (χ2v) is 4.93. The summed E-state index contributed by atoms with van der Waals surface area (Å²) in [7, 11) is 0. The van der Waals surface area contributed by atoms with Gasteiger partial charge in [-0.2, -0.15) is 0 Å². The fourth-order valence-corrected chi connectivity index (χ4v) is 2.49. The molecule has 19 heavy (non-hydrogen) atoms. The maximum Gasteiger partial charge on any atom is 0.417 e. The molecule has 1 saturated heterocycles. The lowest BCUT2D eigenvalue weighted by Crippen LogP contribution is -2.53. The average Bonchev–Trinajstić information content (AvgIpc) is 2.66. The molecule has 1 unspecified atom stereocenters. The number of H-pyrrole nitrogens is 1. The predicted molar refractivity (Wildman–Crippen MR) is 66.1 cm³/mol. The molecule has 0 saturated carbocycles. The van der Waals surface area contributed by atoms with Crippen LogP contribution in [-0.4, -0.2) is 29.3 Å². The van der Waals surface area contributed by atoms with Crippen molar-refractivity contribution >= 4 is 17.1 Å². The normalized spacial score (nSPS) is 19.0. The molecular formula is C13H13NO5. The Balaban J connectivity index is 2.11. The zero-order chi connectivity index (χ0) is 13.6. The van der Waals surface area contributed by atoms with Crippen LogP contribution in [0.4, 0.5) is 0 Å². The van der Waals surface area contributed by atoms with Crippen molar-refractivity contribution in [2.45, 2.75) is 12.3 Å². The lowest BCUT2D eigenvalue weighted by Gasteiger charge is -2.44. The highest BCUT2D eigenvalue weighted by Crippen LogP contribution is 2.40. The Hall–Kier alpha value is -2.08. The number of hydrogen-bond donors (Lipinski definition) is 2. The van der Waals surface area contributed by atoms with Gasteiger partial charge >= 0.3 is 11.7 Å². The highest BCUT2D eigenvalue weighted by molar-refractivity contribution is 5.76. The number of aliphatic carboxylic acids is 1. The zero-order valence-corrected chi connectivity index (χ0v) is 10.3. The van der Waals surface area contributed by atoms with Crippen molar-refractivity contribution in [3.05, 3.63) is 34.3 Å². The molecule has 1 aliphatic rings. The van der Waals surface area contributed by atoms with Crippen LogP contribution >= 0.6 is 0 Å². The topological polar surface area (TPSA) is 92.5 Å². The molecule has 2 heterocycles. The van der Waals surface area contributed by atoms with E-state index in [1.165, 1.54) is 0 Å². The molecule has 1 fully saturated rings. The van der Waals surface area contributed by atoms with Crippen LogP contribution in [0.15, 0.2) is 27.4 Å². The summed E-state index contributed by atoms with van der Waals surface area (Å²) in [6.07, 6.45) is 0. The third kappa shape index (κ3) is 1.67. The SMILES string of the molecule is CC(C(=O)O)C1(c2ccc3oc(=O)[nH]c3c2)COC1. The summed E-state index contributed by atoms with van der Waals surface area (Å²) in [6.45, 7) is 2.41. The zero-order valence-electron chi connectivity index (χ0n) is 10.3. The second kappa shape index (κ2) is 3.96. The van der Waals surface area contributed by atoms with Crippen LogP contribution in [0.25, 0.3) is 11.1 Å². The summed E-state index contributed by atoms with van der Waals surface area (Å²) in [5.74, 6) is -1.93. The number of aromatic amines is 1. The third-order valence-electron chi connectivity index (χ3n) is 3.91. The summed E-state index contributed by atoms with van der Waals surface area (Å²) in [6, 6.07) is 5.24. The third-order valence-corrected chi connectivity index (χ3v) is 3.91. The molecule has 6 nitrogen and oxygen atoms in total. The van der Waals surface area contributed by atoms with Crippen LogP contribution in [0.2, 0.25) is 0 Å². The molecule has 0 spiro atoms. The maximum atomic E-state index is 11.2. The van der Waals surface area contributed by atoms with Crippen molar-refractivity contribution in [3.8, 4) is 0 Å². The molecule has 1 atom stereocenters. The fourth-order valence-electron chi connectivity index (χ4n) is 2.49. The van der Waals surface area contributed by atoms with Crippen LogP contribution in [0, 0.1) is 5.92 Å². The number of carboxylic acids is 1. The summed E-state index contributed by atoms with van der Waals surface area (Å²) in [4.78, 5) is 25.0. The minimum absolute atomic E-state index is 0.369. The van der Waals surface area contributed by atoms with E-state index in [9.17, 15) is 14.7 Å². The number of oxazole rings is 1. The Morgan fingerprint density at radius 2 is 2.21 bits per heavy atom. The van der Waals surface area contributed by atoms with Crippen LogP contribution in [-0.2, 0) is 14.9 Å². The summed E-state index contributed by atoms with van der Waals surface area (Å²) in [5.41, 5.74) is 1.35. The number of rotatable bonds is 3. The molecular weight excluding hydrogens is 250 g/mol. The van der Waals surface area contributed by atoms with Crippen LogP contribution in [0.1, 0.15) is 12.5 Å². The van der Waals surface area contributed by atoms with Gasteiger partial charge in [-0.3, -0.25) is 9.78 Å². The Bertz CT molecular complexity index is 694. The van der Waals surface area contributed by atoms with E-state index in [1.807, 2.05) is 0 Å². The van der Waals surface area contributed by atoms with Crippen molar-refractivity contribution in [2.24, 2.45) is 5.92 Å². The Labute approximate surface area is 108 Å². The summed E-state index contributed by atoms with van der Waals surface area (Å²) in [5, 5.41) is 9.23. The van der Waals surface area contributed by atoms with E-state index in [-0.39, 0.29) is 0 Å². The molecule has 1 aromatic heterocycles. The van der Waals surface area contributed by atoms with Gasteiger partial charge in [0.15, 0.2) is 5.58 Å². The highest BCUT2D eigenvalue weighted by Gasteiger charge is 2.48. The van der Waals surface area contributed by atoms with Crippen LogP contribution < -0.4 is 5.76 Å². The number of ether oxygens (including phenoxy) is 1. The maximum absolute atomic E-state index is 11.2. The number of hydrogen-bond acceptors (Lipinski definition) is 4. The molecule has 1 aromatic carbocycles. The first-order valence-corrected chi connectivity index (χ1v) is 5.97. The number of fused-ring (bicyclic) bond motifs is 1.